The number of likely N-dealkylation sites (N-methyl/N-ethyl adjacent to an activating group) is 1. The lowest BCUT2D eigenvalue weighted by molar-refractivity contribution is -0.133. The summed E-state index contributed by atoms with van der Waals surface area (Å²) < 4.78 is 5.54. The Morgan fingerprint density at radius 2 is 1.96 bits per heavy atom. The highest BCUT2D eigenvalue weighted by Crippen LogP contribution is 2.26. The highest BCUT2D eigenvalue weighted by atomic mass is 16.3. The molecular formula is C17H22N4O2. The van der Waals surface area contributed by atoms with Gasteiger partial charge in [0.05, 0.1) is 12.7 Å². The van der Waals surface area contributed by atoms with E-state index in [1.165, 1.54) is 0 Å². The van der Waals surface area contributed by atoms with Crippen molar-refractivity contribution in [2.45, 2.75) is 31.6 Å². The van der Waals surface area contributed by atoms with Gasteiger partial charge in [-0.05, 0) is 24.6 Å². The SMILES string of the molecule is Cc1ccc(CN(C)C(=O)C2NNC(N)C2c2ccccc2)o1. The number of nitrogens with one attached hydrogen (secondary N) is 2. The molecule has 0 bridgehead atoms. The standard InChI is InChI=1S/C17H22N4O2/c1-11-8-9-13(23-11)10-21(2)17(22)15-14(16(18)20-19-15)12-6-4-3-5-7-12/h3-9,14-16,19-20H,10,18H2,1-2H3. The molecule has 1 aliphatic rings. The van der Waals surface area contributed by atoms with Crippen molar-refractivity contribution >= 4 is 5.91 Å². The van der Waals surface area contributed by atoms with Crippen LogP contribution in [-0.2, 0) is 11.3 Å². The number of benzene rings is 1. The number of aryl methyl sites for hydroxylation is 1. The van der Waals surface area contributed by atoms with Crippen LogP contribution in [0.4, 0.5) is 0 Å². The molecule has 23 heavy (non-hydrogen) atoms. The van der Waals surface area contributed by atoms with Crippen molar-refractivity contribution in [3.8, 4) is 0 Å². The Balaban J connectivity index is 1.75. The van der Waals surface area contributed by atoms with Crippen LogP contribution in [0.2, 0.25) is 0 Å². The third-order valence-corrected chi connectivity index (χ3v) is 4.17. The molecule has 1 aliphatic heterocycles. The van der Waals surface area contributed by atoms with Crippen LogP contribution < -0.4 is 16.6 Å². The molecule has 2 aromatic rings. The van der Waals surface area contributed by atoms with Gasteiger partial charge >= 0.3 is 0 Å². The van der Waals surface area contributed by atoms with Gasteiger partial charge in [0.25, 0.3) is 0 Å². The predicted molar refractivity (Wildman–Crippen MR) is 87.1 cm³/mol. The smallest absolute Gasteiger partial charge is 0.241 e. The quantitative estimate of drug-likeness (QED) is 0.787. The summed E-state index contributed by atoms with van der Waals surface area (Å²) in [6, 6.07) is 13.2. The lowest BCUT2D eigenvalue weighted by Crippen LogP contribution is -2.45. The summed E-state index contributed by atoms with van der Waals surface area (Å²) >= 11 is 0. The van der Waals surface area contributed by atoms with Crippen molar-refractivity contribution in [2.75, 3.05) is 7.05 Å². The van der Waals surface area contributed by atoms with Gasteiger partial charge in [-0.3, -0.25) is 4.79 Å². The molecule has 1 aromatic heterocycles. The normalized spacial score (nSPS) is 23.9. The Hall–Kier alpha value is -2.15. The number of nitrogens with two attached hydrogens (primary N) is 1. The summed E-state index contributed by atoms with van der Waals surface area (Å²) in [5, 5.41) is 0. The number of rotatable bonds is 4. The average molecular weight is 314 g/mol. The largest absolute Gasteiger partial charge is 0.464 e. The average Bonchev–Trinajstić information content (AvgIpc) is 3.13. The van der Waals surface area contributed by atoms with Crippen LogP contribution in [0.15, 0.2) is 46.9 Å². The molecule has 0 saturated carbocycles. The highest BCUT2D eigenvalue weighted by Gasteiger charge is 2.40. The first-order valence-corrected chi connectivity index (χ1v) is 7.68. The summed E-state index contributed by atoms with van der Waals surface area (Å²) in [6.07, 6.45) is -0.314. The molecule has 6 nitrogen and oxygen atoms in total. The van der Waals surface area contributed by atoms with Crippen LogP contribution >= 0.6 is 0 Å². The van der Waals surface area contributed by atoms with E-state index in [-0.39, 0.29) is 18.0 Å². The van der Waals surface area contributed by atoms with Gasteiger partial charge in [0, 0.05) is 13.0 Å². The number of amides is 1. The van der Waals surface area contributed by atoms with Crippen LogP contribution in [0, 0.1) is 6.92 Å². The monoisotopic (exact) mass is 314 g/mol. The Morgan fingerprint density at radius 1 is 1.22 bits per heavy atom. The summed E-state index contributed by atoms with van der Waals surface area (Å²) in [5.74, 6) is 1.47. The van der Waals surface area contributed by atoms with Crippen molar-refractivity contribution in [1.82, 2.24) is 15.8 Å². The Morgan fingerprint density at radius 3 is 2.61 bits per heavy atom. The molecule has 0 radical (unpaired) electrons. The molecule has 6 heteroatoms. The predicted octanol–water partition coefficient (Wildman–Crippen LogP) is 1.09. The van der Waals surface area contributed by atoms with E-state index in [1.807, 2.05) is 49.4 Å². The molecule has 3 rings (SSSR count). The van der Waals surface area contributed by atoms with Crippen LogP contribution in [0.3, 0.4) is 0 Å². The maximum atomic E-state index is 12.8. The van der Waals surface area contributed by atoms with E-state index in [9.17, 15) is 4.79 Å². The van der Waals surface area contributed by atoms with Gasteiger partial charge in [-0.15, -0.1) is 0 Å². The number of hydrogen-bond acceptors (Lipinski definition) is 5. The van der Waals surface area contributed by atoms with Gasteiger partial charge in [-0.1, -0.05) is 30.3 Å². The second-order valence-corrected chi connectivity index (χ2v) is 5.94. The van der Waals surface area contributed by atoms with E-state index in [4.69, 9.17) is 10.2 Å². The van der Waals surface area contributed by atoms with E-state index >= 15 is 0 Å². The molecule has 0 aliphatic carbocycles. The fourth-order valence-electron chi connectivity index (χ4n) is 2.98. The summed E-state index contributed by atoms with van der Waals surface area (Å²) in [4.78, 5) is 14.5. The van der Waals surface area contributed by atoms with Crippen molar-refractivity contribution in [1.29, 1.82) is 0 Å². The molecule has 2 heterocycles. The zero-order valence-corrected chi connectivity index (χ0v) is 13.3. The first kappa shape index (κ1) is 15.7. The van der Waals surface area contributed by atoms with Crippen LogP contribution in [0.5, 0.6) is 0 Å². The maximum absolute atomic E-state index is 12.8. The zero-order chi connectivity index (χ0) is 16.4. The van der Waals surface area contributed by atoms with Gasteiger partial charge in [-0.2, -0.15) is 0 Å². The number of carbonyl (C=O) groups excluding carboxylic acids is 1. The number of nitrogens with zero attached hydrogens (tertiary/aromatic N) is 1. The van der Waals surface area contributed by atoms with Crippen LogP contribution in [0.25, 0.3) is 0 Å². The minimum absolute atomic E-state index is 0.0200. The van der Waals surface area contributed by atoms with Gasteiger partial charge < -0.3 is 15.1 Å². The molecule has 1 fully saturated rings. The molecule has 1 saturated heterocycles. The van der Waals surface area contributed by atoms with Crippen LogP contribution in [0.1, 0.15) is 23.0 Å². The lowest BCUT2D eigenvalue weighted by Gasteiger charge is -2.25. The summed E-state index contributed by atoms with van der Waals surface area (Å²) in [5.41, 5.74) is 13.2. The minimum Gasteiger partial charge on any atom is -0.464 e. The van der Waals surface area contributed by atoms with Crippen molar-refractivity contribution < 1.29 is 9.21 Å². The van der Waals surface area contributed by atoms with Gasteiger partial charge in [-0.25, -0.2) is 10.9 Å². The summed E-state index contributed by atoms with van der Waals surface area (Å²) in [6.45, 7) is 2.32. The molecular weight excluding hydrogens is 292 g/mol. The van der Waals surface area contributed by atoms with E-state index in [1.54, 1.807) is 11.9 Å². The highest BCUT2D eigenvalue weighted by molar-refractivity contribution is 5.83. The number of carbonyl (C=O) groups is 1. The first-order chi connectivity index (χ1) is 11.1. The molecule has 1 aromatic carbocycles. The molecule has 3 atom stereocenters. The van der Waals surface area contributed by atoms with Crippen molar-refractivity contribution in [3.05, 3.63) is 59.5 Å². The fraction of sp³-hybridized carbons (Fsp3) is 0.353. The number of hydrazine groups is 1. The van der Waals surface area contributed by atoms with E-state index in [0.717, 1.165) is 17.1 Å². The van der Waals surface area contributed by atoms with Crippen LogP contribution in [-0.4, -0.2) is 30.1 Å². The molecule has 3 unspecified atom stereocenters. The van der Waals surface area contributed by atoms with Crippen molar-refractivity contribution in [3.63, 3.8) is 0 Å². The van der Waals surface area contributed by atoms with E-state index in [2.05, 4.69) is 10.9 Å². The Kier molecular flexibility index (Phi) is 4.47. The fourth-order valence-corrected chi connectivity index (χ4v) is 2.98. The molecule has 0 spiro atoms. The first-order valence-electron chi connectivity index (χ1n) is 7.68. The third-order valence-electron chi connectivity index (χ3n) is 4.17. The number of hydrogen-bond donors (Lipinski definition) is 3. The zero-order valence-electron chi connectivity index (χ0n) is 13.3. The molecule has 122 valence electrons. The van der Waals surface area contributed by atoms with E-state index in [0.29, 0.717) is 6.54 Å². The van der Waals surface area contributed by atoms with Gasteiger partial charge in [0.1, 0.15) is 17.6 Å². The maximum Gasteiger partial charge on any atom is 0.241 e. The third kappa shape index (κ3) is 3.29. The lowest BCUT2D eigenvalue weighted by atomic mass is 9.90. The topological polar surface area (TPSA) is 83.5 Å². The van der Waals surface area contributed by atoms with Crippen molar-refractivity contribution in [2.24, 2.45) is 5.73 Å². The number of furan rings is 1. The second kappa shape index (κ2) is 6.54. The molecule has 1 amide bonds. The van der Waals surface area contributed by atoms with Gasteiger partial charge in [0.2, 0.25) is 5.91 Å². The second-order valence-electron chi connectivity index (χ2n) is 5.94. The minimum atomic E-state index is -0.409. The van der Waals surface area contributed by atoms with Gasteiger partial charge in [0.15, 0.2) is 0 Å². The Labute approximate surface area is 135 Å². The molecule has 4 N–H and O–H groups in total. The van der Waals surface area contributed by atoms with E-state index < -0.39 is 6.04 Å². The Bertz CT molecular complexity index is 670. The summed E-state index contributed by atoms with van der Waals surface area (Å²) in [7, 11) is 1.77.